The van der Waals surface area contributed by atoms with Crippen molar-refractivity contribution < 1.29 is 0 Å². The van der Waals surface area contributed by atoms with Crippen molar-refractivity contribution >= 4 is 0 Å². The first kappa shape index (κ1) is 15.8. The van der Waals surface area contributed by atoms with E-state index in [2.05, 4.69) is 66.2 Å². The molecular formula is C18H27N3. The maximum Gasteiger partial charge on any atom is 0.0624 e. The van der Waals surface area contributed by atoms with Crippen molar-refractivity contribution in [2.75, 3.05) is 7.05 Å². The minimum atomic E-state index is 0.341. The minimum absolute atomic E-state index is 0.341. The number of nitrogens with zero attached hydrogens (tertiary/aromatic N) is 2. The van der Waals surface area contributed by atoms with Crippen LogP contribution in [0, 0.1) is 0 Å². The van der Waals surface area contributed by atoms with Crippen molar-refractivity contribution in [3.8, 4) is 0 Å². The fourth-order valence-corrected chi connectivity index (χ4v) is 2.90. The molecule has 1 aromatic heterocycles. The number of hydrogen-bond acceptors (Lipinski definition) is 2. The first-order chi connectivity index (χ1) is 10.2. The molecule has 0 spiro atoms. The molecule has 0 aliphatic carbocycles. The van der Waals surface area contributed by atoms with E-state index in [0.29, 0.717) is 6.04 Å². The first-order valence-corrected chi connectivity index (χ1v) is 8.04. The summed E-state index contributed by atoms with van der Waals surface area (Å²) in [5, 5.41) is 8.14. The maximum atomic E-state index is 4.66. The molecule has 1 atom stereocenters. The maximum absolute atomic E-state index is 4.66. The number of aryl methyl sites for hydroxylation is 3. The zero-order valence-electron chi connectivity index (χ0n) is 13.7. The summed E-state index contributed by atoms with van der Waals surface area (Å²) >= 11 is 0. The van der Waals surface area contributed by atoms with E-state index in [1.165, 1.54) is 22.5 Å². The van der Waals surface area contributed by atoms with Gasteiger partial charge in [-0.1, -0.05) is 38.1 Å². The van der Waals surface area contributed by atoms with Crippen molar-refractivity contribution in [1.29, 1.82) is 0 Å². The number of hydrogen-bond donors (Lipinski definition) is 1. The molecule has 0 bridgehead atoms. The topological polar surface area (TPSA) is 29.9 Å². The number of nitrogens with one attached hydrogen (secondary N) is 1. The molecule has 0 aliphatic heterocycles. The van der Waals surface area contributed by atoms with Crippen LogP contribution >= 0.6 is 0 Å². The van der Waals surface area contributed by atoms with Gasteiger partial charge in [-0.2, -0.15) is 5.10 Å². The zero-order valence-corrected chi connectivity index (χ0v) is 13.7. The van der Waals surface area contributed by atoms with Crippen molar-refractivity contribution in [3.05, 3.63) is 52.8 Å². The highest BCUT2D eigenvalue weighted by molar-refractivity contribution is 5.31. The van der Waals surface area contributed by atoms with E-state index in [1.54, 1.807) is 0 Å². The molecule has 0 fully saturated rings. The molecule has 21 heavy (non-hydrogen) atoms. The average molecular weight is 285 g/mol. The third kappa shape index (κ3) is 3.53. The zero-order chi connectivity index (χ0) is 15.2. The van der Waals surface area contributed by atoms with Gasteiger partial charge < -0.3 is 5.32 Å². The first-order valence-electron chi connectivity index (χ1n) is 8.04. The van der Waals surface area contributed by atoms with Gasteiger partial charge >= 0.3 is 0 Å². The van der Waals surface area contributed by atoms with Crippen LogP contribution in [0.4, 0.5) is 0 Å². The molecule has 1 unspecified atom stereocenters. The second-order valence-corrected chi connectivity index (χ2v) is 5.39. The predicted molar refractivity (Wildman–Crippen MR) is 88.6 cm³/mol. The number of likely N-dealkylation sites (N-methyl/N-ethyl adjacent to an activating group) is 1. The molecule has 1 heterocycles. The molecule has 0 radical (unpaired) electrons. The van der Waals surface area contributed by atoms with E-state index in [4.69, 9.17) is 0 Å². The monoisotopic (exact) mass is 285 g/mol. The lowest BCUT2D eigenvalue weighted by Crippen LogP contribution is -2.21. The molecule has 3 nitrogen and oxygen atoms in total. The SMILES string of the molecule is CCc1cc(CC(NC)c2ccccc2CC)n(CC)n1. The van der Waals surface area contributed by atoms with Crippen LogP contribution in [0.15, 0.2) is 30.3 Å². The molecule has 0 aliphatic rings. The van der Waals surface area contributed by atoms with Crippen LogP contribution in [-0.2, 0) is 25.8 Å². The van der Waals surface area contributed by atoms with Gasteiger partial charge in [-0.05, 0) is 44.0 Å². The fraction of sp³-hybridized carbons (Fsp3) is 0.500. The number of rotatable bonds is 7. The van der Waals surface area contributed by atoms with Gasteiger partial charge in [-0.15, -0.1) is 0 Å². The molecule has 2 aromatic rings. The molecule has 1 N–H and O–H groups in total. The Bertz CT molecular complexity index is 572. The van der Waals surface area contributed by atoms with Gasteiger partial charge in [0.2, 0.25) is 0 Å². The lowest BCUT2D eigenvalue weighted by atomic mass is 9.95. The third-order valence-electron chi connectivity index (χ3n) is 4.15. The van der Waals surface area contributed by atoms with Crippen molar-refractivity contribution in [3.63, 3.8) is 0 Å². The van der Waals surface area contributed by atoms with Crippen molar-refractivity contribution in [2.24, 2.45) is 0 Å². The standard InChI is InChI=1S/C18H27N3/c1-5-14-10-8-9-11-17(14)18(19-4)13-16-12-15(6-2)20-21(16)7-3/h8-12,18-19H,5-7,13H2,1-4H3. The summed E-state index contributed by atoms with van der Waals surface area (Å²) in [5.41, 5.74) is 5.34. The van der Waals surface area contributed by atoms with Crippen molar-refractivity contribution in [2.45, 2.75) is 52.6 Å². The molecule has 114 valence electrons. The number of aromatic nitrogens is 2. The molecular weight excluding hydrogens is 258 g/mol. The summed E-state index contributed by atoms with van der Waals surface area (Å²) in [6.07, 6.45) is 3.05. The van der Waals surface area contributed by atoms with Gasteiger partial charge in [0.15, 0.2) is 0 Å². The summed E-state index contributed by atoms with van der Waals surface area (Å²) in [7, 11) is 2.05. The summed E-state index contributed by atoms with van der Waals surface area (Å²) in [4.78, 5) is 0. The Morgan fingerprint density at radius 3 is 2.52 bits per heavy atom. The molecule has 0 saturated carbocycles. The lowest BCUT2D eigenvalue weighted by molar-refractivity contribution is 0.537. The van der Waals surface area contributed by atoms with Gasteiger partial charge in [-0.25, -0.2) is 0 Å². The minimum Gasteiger partial charge on any atom is -0.313 e. The van der Waals surface area contributed by atoms with Crippen LogP contribution in [0.3, 0.4) is 0 Å². The Kier molecular flexibility index (Phi) is 5.57. The fourth-order valence-electron chi connectivity index (χ4n) is 2.90. The van der Waals surface area contributed by atoms with E-state index >= 15 is 0 Å². The summed E-state index contributed by atoms with van der Waals surface area (Å²) < 4.78 is 2.14. The molecule has 2 rings (SSSR count). The van der Waals surface area contributed by atoms with E-state index in [-0.39, 0.29) is 0 Å². The van der Waals surface area contributed by atoms with Crippen LogP contribution in [0.25, 0.3) is 0 Å². The Balaban J connectivity index is 2.28. The summed E-state index contributed by atoms with van der Waals surface area (Å²) in [6, 6.07) is 11.3. The van der Waals surface area contributed by atoms with Crippen LogP contribution in [-0.4, -0.2) is 16.8 Å². The Hall–Kier alpha value is -1.61. The van der Waals surface area contributed by atoms with E-state index < -0.39 is 0 Å². The average Bonchev–Trinajstić information content (AvgIpc) is 2.94. The van der Waals surface area contributed by atoms with E-state index in [0.717, 1.165) is 25.8 Å². The second-order valence-electron chi connectivity index (χ2n) is 5.39. The number of benzene rings is 1. The summed E-state index contributed by atoms with van der Waals surface area (Å²) in [5.74, 6) is 0. The van der Waals surface area contributed by atoms with E-state index in [9.17, 15) is 0 Å². The molecule has 0 amide bonds. The smallest absolute Gasteiger partial charge is 0.0624 e. The molecule has 0 saturated heterocycles. The van der Waals surface area contributed by atoms with Crippen LogP contribution in [0.2, 0.25) is 0 Å². The van der Waals surface area contributed by atoms with Gasteiger partial charge in [0, 0.05) is 24.7 Å². The second kappa shape index (κ2) is 7.41. The van der Waals surface area contributed by atoms with Gasteiger partial charge in [0.05, 0.1) is 5.69 Å². The third-order valence-corrected chi connectivity index (χ3v) is 4.15. The normalized spacial score (nSPS) is 12.6. The Labute approximate surface area is 128 Å². The van der Waals surface area contributed by atoms with Crippen LogP contribution < -0.4 is 5.32 Å². The van der Waals surface area contributed by atoms with Crippen LogP contribution in [0.5, 0.6) is 0 Å². The lowest BCUT2D eigenvalue weighted by Gasteiger charge is -2.20. The summed E-state index contributed by atoms with van der Waals surface area (Å²) in [6.45, 7) is 7.47. The predicted octanol–water partition coefficient (Wildman–Crippen LogP) is 3.53. The van der Waals surface area contributed by atoms with E-state index in [1.807, 2.05) is 7.05 Å². The highest BCUT2D eigenvalue weighted by Crippen LogP contribution is 2.23. The Morgan fingerprint density at radius 1 is 1.14 bits per heavy atom. The van der Waals surface area contributed by atoms with Gasteiger partial charge in [0.25, 0.3) is 0 Å². The van der Waals surface area contributed by atoms with Crippen molar-refractivity contribution in [1.82, 2.24) is 15.1 Å². The molecule has 3 heteroatoms. The quantitative estimate of drug-likeness (QED) is 0.843. The van der Waals surface area contributed by atoms with Gasteiger partial charge in [-0.3, -0.25) is 4.68 Å². The largest absolute Gasteiger partial charge is 0.313 e. The van der Waals surface area contributed by atoms with Gasteiger partial charge in [0.1, 0.15) is 0 Å². The molecule has 1 aromatic carbocycles. The highest BCUT2D eigenvalue weighted by atomic mass is 15.3. The highest BCUT2D eigenvalue weighted by Gasteiger charge is 2.16. The Morgan fingerprint density at radius 2 is 1.90 bits per heavy atom. The van der Waals surface area contributed by atoms with Crippen LogP contribution in [0.1, 0.15) is 49.3 Å².